The number of hydrazine groups is 1. The van der Waals surface area contributed by atoms with Crippen LogP contribution in [0.1, 0.15) is 5.56 Å². The molecule has 2 N–H and O–H groups in total. The maximum Gasteiger partial charge on any atom is 0.0740 e. The van der Waals surface area contributed by atoms with Crippen molar-refractivity contribution in [3.8, 4) is 11.3 Å². The van der Waals surface area contributed by atoms with Gasteiger partial charge in [-0.05, 0) is 73.0 Å². The van der Waals surface area contributed by atoms with Crippen molar-refractivity contribution in [2.45, 2.75) is 6.92 Å². The Kier molecular flexibility index (Phi) is 5.11. The van der Waals surface area contributed by atoms with Crippen LogP contribution in [-0.4, -0.2) is 22.3 Å². The molecule has 30 heavy (non-hydrogen) atoms. The largest absolute Gasteiger partial charge is 0.315 e. The van der Waals surface area contributed by atoms with Crippen molar-refractivity contribution in [1.82, 2.24) is 9.97 Å². The van der Waals surface area contributed by atoms with Crippen molar-refractivity contribution in [2.24, 2.45) is 0 Å². The van der Waals surface area contributed by atoms with Gasteiger partial charge in [-0.25, -0.2) is 4.98 Å². The molecule has 5 rings (SSSR count). The number of aromatic nitrogens is 2. The van der Waals surface area contributed by atoms with Crippen LogP contribution in [0.15, 0.2) is 67.0 Å². The second-order valence-electron chi connectivity index (χ2n) is 7.14. The van der Waals surface area contributed by atoms with Crippen molar-refractivity contribution in [1.29, 1.82) is 0 Å². The van der Waals surface area contributed by atoms with Crippen LogP contribution in [-0.2, 0) is 0 Å². The minimum atomic E-state index is 0.685. The predicted molar refractivity (Wildman–Crippen MR) is 128 cm³/mol. The number of nitrogens with zero attached hydrogens (tertiary/aromatic N) is 3. The van der Waals surface area contributed by atoms with Crippen molar-refractivity contribution in [2.75, 3.05) is 27.5 Å². The first-order valence-electron chi connectivity index (χ1n) is 9.71. The summed E-state index contributed by atoms with van der Waals surface area (Å²) in [6.45, 7) is 3.16. The first-order valence-corrected chi connectivity index (χ1v) is 11.0. The summed E-state index contributed by atoms with van der Waals surface area (Å²) >= 11 is 8.29. The van der Waals surface area contributed by atoms with Gasteiger partial charge in [0.25, 0.3) is 0 Å². The van der Waals surface area contributed by atoms with Gasteiger partial charge in [0.15, 0.2) is 0 Å². The van der Waals surface area contributed by atoms with E-state index in [1.165, 1.54) is 0 Å². The number of rotatable bonds is 5. The maximum atomic E-state index is 6.48. The standard InChI is InChI=1S/C23H20ClN5S/c1-15-2-4-17(12-19(15)22-6-3-16-14-25-9-8-21(16)26-22)27-28-23-7-5-18(13-20(23)24)29-10-11-30-29/h2-9,12-14,27-28H,10-11H2,1H3. The van der Waals surface area contributed by atoms with Gasteiger partial charge in [-0.2, -0.15) is 0 Å². The van der Waals surface area contributed by atoms with Gasteiger partial charge in [-0.15, -0.1) is 0 Å². The lowest BCUT2D eigenvalue weighted by atomic mass is 10.0. The Hall–Kier alpha value is -2.96. The fourth-order valence-corrected chi connectivity index (χ4v) is 4.23. The van der Waals surface area contributed by atoms with E-state index in [2.05, 4.69) is 51.3 Å². The number of aryl methyl sites for hydroxylation is 1. The van der Waals surface area contributed by atoms with Crippen molar-refractivity contribution >= 4 is 51.5 Å². The Morgan fingerprint density at radius 1 is 1.03 bits per heavy atom. The summed E-state index contributed by atoms with van der Waals surface area (Å²) in [5, 5.41) is 1.72. The topological polar surface area (TPSA) is 53.1 Å². The number of hydrogen-bond donors (Lipinski definition) is 2. The van der Waals surface area contributed by atoms with Gasteiger partial charge in [0.05, 0.1) is 27.6 Å². The molecule has 150 valence electrons. The summed E-state index contributed by atoms with van der Waals surface area (Å²) in [5.74, 6) is 1.16. The molecule has 0 bridgehead atoms. The molecular formula is C23H20ClN5S. The monoisotopic (exact) mass is 433 g/mol. The predicted octanol–water partition coefficient (Wildman–Crippen LogP) is 6.17. The van der Waals surface area contributed by atoms with Crippen LogP contribution in [0.3, 0.4) is 0 Å². The van der Waals surface area contributed by atoms with Crippen molar-refractivity contribution in [3.05, 3.63) is 77.6 Å². The number of pyridine rings is 2. The smallest absolute Gasteiger partial charge is 0.0740 e. The van der Waals surface area contributed by atoms with E-state index >= 15 is 0 Å². The lowest BCUT2D eigenvalue weighted by molar-refractivity contribution is 1.06. The zero-order chi connectivity index (χ0) is 20.5. The molecule has 2 aromatic carbocycles. The molecule has 0 unspecified atom stereocenters. The van der Waals surface area contributed by atoms with E-state index in [1.807, 2.05) is 48.5 Å². The SMILES string of the molecule is Cc1ccc(NNc2ccc(N3CCS3)cc2Cl)cc1-c1ccc2cnccc2n1. The Morgan fingerprint density at radius 2 is 1.93 bits per heavy atom. The minimum Gasteiger partial charge on any atom is -0.315 e. The fourth-order valence-electron chi connectivity index (χ4n) is 3.38. The Balaban J connectivity index is 1.37. The van der Waals surface area contributed by atoms with Gasteiger partial charge in [0, 0.05) is 41.3 Å². The van der Waals surface area contributed by atoms with Crippen LogP contribution in [0, 0.1) is 6.92 Å². The lowest BCUT2D eigenvalue weighted by Gasteiger charge is -2.31. The lowest BCUT2D eigenvalue weighted by Crippen LogP contribution is -2.28. The summed E-state index contributed by atoms with van der Waals surface area (Å²) in [5.41, 5.74) is 13.5. The van der Waals surface area contributed by atoms with Gasteiger partial charge in [-0.3, -0.25) is 10.4 Å². The normalized spacial score (nSPS) is 13.2. The van der Waals surface area contributed by atoms with E-state index in [-0.39, 0.29) is 0 Å². The molecule has 1 fully saturated rings. The van der Waals surface area contributed by atoms with E-state index in [0.29, 0.717) is 5.02 Å². The number of hydrogen-bond acceptors (Lipinski definition) is 6. The molecule has 0 saturated carbocycles. The van der Waals surface area contributed by atoms with E-state index in [9.17, 15) is 0 Å². The molecule has 0 aliphatic carbocycles. The molecule has 0 atom stereocenters. The van der Waals surface area contributed by atoms with E-state index in [0.717, 1.165) is 57.1 Å². The van der Waals surface area contributed by atoms with Gasteiger partial charge in [-0.1, -0.05) is 17.7 Å². The highest BCUT2D eigenvalue weighted by Crippen LogP contribution is 2.34. The zero-order valence-corrected chi connectivity index (χ0v) is 18.0. The fraction of sp³-hybridized carbons (Fsp3) is 0.130. The quantitative estimate of drug-likeness (QED) is 0.290. The van der Waals surface area contributed by atoms with Crippen molar-refractivity contribution in [3.63, 3.8) is 0 Å². The summed E-state index contributed by atoms with van der Waals surface area (Å²) in [6, 6.07) is 18.3. The Labute approximate surface area is 184 Å². The molecule has 3 heterocycles. The summed E-state index contributed by atoms with van der Waals surface area (Å²) < 4.78 is 2.24. The molecule has 0 radical (unpaired) electrons. The zero-order valence-electron chi connectivity index (χ0n) is 16.4. The van der Waals surface area contributed by atoms with Gasteiger partial charge < -0.3 is 9.73 Å². The molecule has 7 heteroatoms. The summed E-state index contributed by atoms with van der Waals surface area (Å²) in [7, 11) is 0. The van der Waals surface area contributed by atoms with Gasteiger partial charge >= 0.3 is 0 Å². The van der Waals surface area contributed by atoms with E-state index in [4.69, 9.17) is 16.6 Å². The maximum absolute atomic E-state index is 6.48. The average molecular weight is 434 g/mol. The van der Waals surface area contributed by atoms with Crippen LogP contribution in [0.5, 0.6) is 0 Å². The molecule has 1 aliphatic heterocycles. The van der Waals surface area contributed by atoms with E-state index in [1.54, 1.807) is 6.20 Å². The molecular weight excluding hydrogens is 414 g/mol. The van der Waals surface area contributed by atoms with Crippen LogP contribution >= 0.6 is 23.5 Å². The average Bonchev–Trinajstić information content (AvgIpc) is 2.72. The summed E-state index contributed by atoms with van der Waals surface area (Å²) in [6.07, 6.45) is 3.60. The third kappa shape index (κ3) is 3.76. The van der Waals surface area contributed by atoms with Crippen LogP contribution < -0.4 is 15.2 Å². The molecule has 5 nitrogen and oxygen atoms in total. The summed E-state index contributed by atoms with van der Waals surface area (Å²) in [4.78, 5) is 8.96. The third-order valence-corrected chi connectivity index (χ3v) is 6.51. The number of fused-ring (bicyclic) bond motifs is 1. The van der Waals surface area contributed by atoms with Crippen LogP contribution in [0.4, 0.5) is 17.1 Å². The number of halogens is 1. The third-order valence-electron chi connectivity index (χ3n) is 5.13. The molecule has 1 aliphatic rings. The number of anilines is 3. The van der Waals surface area contributed by atoms with Crippen molar-refractivity contribution < 1.29 is 0 Å². The molecule has 2 aromatic heterocycles. The van der Waals surface area contributed by atoms with Crippen LogP contribution in [0.2, 0.25) is 5.02 Å². The van der Waals surface area contributed by atoms with Gasteiger partial charge in [0.2, 0.25) is 0 Å². The highest BCUT2D eigenvalue weighted by molar-refractivity contribution is 8.02. The van der Waals surface area contributed by atoms with E-state index < -0.39 is 0 Å². The molecule has 0 amide bonds. The van der Waals surface area contributed by atoms with Crippen LogP contribution in [0.25, 0.3) is 22.2 Å². The second-order valence-corrected chi connectivity index (χ2v) is 8.66. The highest BCUT2D eigenvalue weighted by atomic mass is 35.5. The Bertz CT molecular complexity index is 1230. The minimum absolute atomic E-state index is 0.685. The molecule has 0 spiro atoms. The van der Waals surface area contributed by atoms with Gasteiger partial charge in [0.1, 0.15) is 0 Å². The second kappa shape index (κ2) is 8.05. The number of benzene rings is 2. The Morgan fingerprint density at radius 3 is 2.73 bits per heavy atom. The first-order chi connectivity index (χ1) is 14.7. The first kappa shape index (κ1) is 19.0. The number of nitrogens with one attached hydrogen (secondary N) is 2. The molecule has 4 aromatic rings. The molecule has 1 saturated heterocycles. The highest BCUT2D eigenvalue weighted by Gasteiger charge is 2.16.